The Kier molecular flexibility index (Phi) is 2.58. The Bertz CT molecular complexity index is 290. The topological polar surface area (TPSA) is 39.4 Å². The maximum absolute atomic E-state index is 11.1. The molecule has 0 aliphatic carbocycles. The quantitative estimate of drug-likeness (QED) is 0.473. The molecule has 0 aliphatic rings. The van der Waals surface area contributed by atoms with Gasteiger partial charge in [0, 0.05) is 0 Å². The predicted molar refractivity (Wildman–Crippen MR) is 47.4 cm³/mol. The predicted octanol–water partition coefficient (Wildman–Crippen LogP) is 0.485. The number of hydrogen-bond acceptors (Lipinski definition) is 3. The van der Waals surface area contributed by atoms with Crippen molar-refractivity contribution in [3.63, 3.8) is 0 Å². The third-order valence-electron chi connectivity index (χ3n) is 1.72. The maximum atomic E-state index is 11.1. The van der Waals surface area contributed by atoms with E-state index in [2.05, 4.69) is 4.74 Å². The summed E-state index contributed by atoms with van der Waals surface area (Å²) < 4.78 is 9.86. The van der Waals surface area contributed by atoms with Crippen LogP contribution >= 0.6 is 0 Å². The largest absolute Gasteiger partial charge is 0.476 e. The lowest BCUT2D eigenvalue weighted by Gasteiger charge is -1.93. The third-order valence-corrected chi connectivity index (χ3v) is 1.72. The fraction of sp³-hybridized carbons (Fsp3) is 0.375. The minimum atomic E-state index is -0.337. The summed E-state index contributed by atoms with van der Waals surface area (Å²) in [6, 6.07) is 1.72. The number of aryl methyl sites for hydroxylation is 1. The van der Waals surface area contributed by atoms with Gasteiger partial charge in [0.1, 0.15) is 5.76 Å². The molecule has 0 atom stereocenters. The summed E-state index contributed by atoms with van der Waals surface area (Å²) in [6.07, 6.45) is 0. The number of carbonyl (C=O) groups excluding carboxylic acids is 1. The standard InChI is InChI=1S/C8H11BO3/c1-5-6(8(10)11-3)4-7(9-2)12-5/h4,9H,1-3H3. The van der Waals surface area contributed by atoms with Gasteiger partial charge in [0.2, 0.25) is 7.28 Å². The molecule has 0 aromatic carbocycles. The SMILES string of the molecule is CBc1cc(C(=O)OC)c(C)o1. The molecule has 1 aromatic rings. The van der Waals surface area contributed by atoms with Crippen LogP contribution in [0.3, 0.4) is 0 Å². The molecule has 1 aromatic heterocycles. The van der Waals surface area contributed by atoms with Gasteiger partial charge in [-0.2, -0.15) is 0 Å². The van der Waals surface area contributed by atoms with Crippen molar-refractivity contribution in [2.45, 2.75) is 13.7 Å². The van der Waals surface area contributed by atoms with Crippen LogP contribution in [0.1, 0.15) is 16.1 Å². The summed E-state index contributed by atoms with van der Waals surface area (Å²) in [5, 5.41) is 0. The molecule has 0 aliphatic heterocycles. The van der Waals surface area contributed by atoms with E-state index in [1.807, 2.05) is 6.82 Å². The number of carbonyl (C=O) groups is 1. The maximum Gasteiger partial charge on any atom is 0.341 e. The van der Waals surface area contributed by atoms with Crippen LogP contribution < -0.4 is 5.66 Å². The van der Waals surface area contributed by atoms with Crippen LogP contribution in [-0.2, 0) is 4.74 Å². The lowest BCUT2D eigenvalue weighted by molar-refractivity contribution is 0.0599. The molecule has 0 saturated carbocycles. The molecule has 4 heteroatoms. The molecule has 0 spiro atoms. The number of rotatable bonds is 2. The molecule has 1 heterocycles. The Labute approximate surface area is 71.9 Å². The second kappa shape index (κ2) is 3.47. The van der Waals surface area contributed by atoms with Gasteiger partial charge in [0.25, 0.3) is 0 Å². The summed E-state index contributed by atoms with van der Waals surface area (Å²) in [5.41, 5.74) is 1.34. The van der Waals surface area contributed by atoms with Crippen molar-refractivity contribution in [1.82, 2.24) is 0 Å². The molecule has 0 N–H and O–H groups in total. The van der Waals surface area contributed by atoms with Crippen LogP contribution in [0.15, 0.2) is 10.5 Å². The number of ether oxygens (including phenoxy) is 1. The molecule has 0 bridgehead atoms. The zero-order valence-electron chi connectivity index (χ0n) is 7.51. The summed E-state index contributed by atoms with van der Waals surface area (Å²) in [6.45, 7) is 3.73. The van der Waals surface area contributed by atoms with Crippen molar-refractivity contribution in [2.75, 3.05) is 7.11 Å². The highest BCUT2D eigenvalue weighted by Crippen LogP contribution is 2.07. The molecule has 3 nitrogen and oxygen atoms in total. The van der Waals surface area contributed by atoms with E-state index in [0.29, 0.717) is 11.3 Å². The van der Waals surface area contributed by atoms with Gasteiger partial charge in [0.05, 0.1) is 18.3 Å². The van der Waals surface area contributed by atoms with E-state index in [0.717, 1.165) is 12.9 Å². The molecule has 12 heavy (non-hydrogen) atoms. The Balaban J connectivity index is 2.99. The Morgan fingerprint density at radius 3 is 2.75 bits per heavy atom. The smallest absolute Gasteiger partial charge is 0.341 e. The van der Waals surface area contributed by atoms with Crippen molar-refractivity contribution >= 4 is 18.9 Å². The fourth-order valence-electron chi connectivity index (χ4n) is 1.03. The van der Waals surface area contributed by atoms with Gasteiger partial charge in [-0.25, -0.2) is 4.79 Å². The third kappa shape index (κ3) is 1.52. The molecule has 0 unspecified atom stereocenters. The highest BCUT2D eigenvalue weighted by molar-refractivity contribution is 6.50. The van der Waals surface area contributed by atoms with E-state index in [1.54, 1.807) is 13.0 Å². The van der Waals surface area contributed by atoms with Crippen LogP contribution in [0.25, 0.3) is 0 Å². The normalized spacial score (nSPS) is 9.58. The van der Waals surface area contributed by atoms with Crippen LogP contribution in [-0.4, -0.2) is 20.4 Å². The monoisotopic (exact) mass is 166 g/mol. The van der Waals surface area contributed by atoms with Crippen LogP contribution in [0.2, 0.25) is 6.82 Å². The van der Waals surface area contributed by atoms with E-state index < -0.39 is 0 Å². The van der Waals surface area contributed by atoms with Crippen molar-refractivity contribution in [3.8, 4) is 0 Å². The zero-order chi connectivity index (χ0) is 9.14. The highest BCUT2D eigenvalue weighted by Gasteiger charge is 2.13. The first kappa shape index (κ1) is 8.91. The average Bonchev–Trinajstić information content (AvgIpc) is 2.45. The summed E-state index contributed by atoms with van der Waals surface area (Å²) >= 11 is 0. The summed E-state index contributed by atoms with van der Waals surface area (Å²) in [4.78, 5) is 11.1. The van der Waals surface area contributed by atoms with Crippen LogP contribution in [0.4, 0.5) is 0 Å². The van der Waals surface area contributed by atoms with Crippen molar-refractivity contribution in [2.24, 2.45) is 0 Å². The molecule has 0 saturated heterocycles. The molecule has 1 rings (SSSR count). The molecule has 64 valence electrons. The first-order valence-corrected chi connectivity index (χ1v) is 3.86. The summed E-state index contributed by atoms with van der Waals surface area (Å²) in [7, 11) is 2.15. The van der Waals surface area contributed by atoms with Crippen molar-refractivity contribution in [3.05, 3.63) is 17.4 Å². The van der Waals surface area contributed by atoms with Gasteiger partial charge in [-0.1, -0.05) is 6.82 Å². The van der Waals surface area contributed by atoms with E-state index in [-0.39, 0.29) is 5.97 Å². The van der Waals surface area contributed by atoms with Gasteiger partial charge in [-0.05, 0) is 13.0 Å². The van der Waals surface area contributed by atoms with Gasteiger partial charge in [-0.15, -0.1) is 0 Å². The molecule has 0 amide bonds. The second-order valence-corrected chi connectivity index (χ2v) is 2.53. The van der Waals surface area contributed by atoms with Gasteiger partial charge >= 0.3 is 5.97 Å². The van der Waals surface area contributed by atoms with Gasteiger partial charge in [0.15, 0.2) is 0 Å². The second-order valence-electron chi connectivity index (χ2n) is 2.53. The van der Waals surface area contributed by atoms with Crippen LogP contribution in [0.5, 0.6) is 0 Å². The molecule has 0 radical (unpaired) electrons. The summed E-state index contributed by atoms with van der Waals surface area (Å²) in [5.74, 6) is 0.287. The number of esters is 1. The zero-order valence-corrected chi connectivity index (χ0v) is 7.51. The molecular formula is C8H11BO3. The van der Waals surface area contributed by atoms with Gasteiger partial charge in [-0.3, -0.25) is 0 Å². The number of hydrogen-bond donors (Lipinski definition) is 0. The van der Waals surface area contributed by atoms with E-state index in [1.165, 1.54) is 7.11 Å². The lowest BCUT2D eigenvalue weighted by Crippen LogP contribution is -2.06. The molecule has 0 fully saturated rings. The minimum Gasteiger partial charge on any atom is -0.476 e. The number of methoxy groups -OCH3 is 1. The Morgan fingerprint density at radius 1 is 1.67 bits per heavy atom. The van der Waals surface area contributed by atoms with Gasteiger partial charge < -0.3 is 9.15 Å². The van der Waals surface area contributed by atoms with Crippen molar-refractivity contribution < 1.29 is 13.9 Å². The highest BCUT2D eigenvalue weighted by atomic mass is 16.5. The first-order chi connectivity index (χ1) is 5.69. The first-order valence-electron chi connectivity index (χ1n) is 3.86. The van der Waals surface area contributed by atoms with E-state index in [4.69, 9.17) is 4.42 Å². The number of furan rings is 1. The Morgan fingerprint density at radius 2 is 2.33 bits per heavy atom. The average molecular weight is 166 g/mol. The van der Waals surface area contributed by atoms with Crippen molar-refractivity contribution in [1.29, 1.82) is 0 Å². The minimum absolute atomic E-state index is 0.337. The fourth-order valence-corrected chi connectivity index (χ4v) is 1.03. The van der Waals surface area contributed by atoms with E-state index in [9.17, 15) is 4.79 Å². The van der Waals surface area contributed by atoms with E-state index >= 15 is 0 Å². The molecular weight excluding hydrogens is 155 g/mol. The lowest BCUT2D eigenvalue weighted by atomic mass is 9.79. The van der Waals surface area contributed by atoms with Crippen LogP contribution in [0, 0.1) is 6.92 Å². The Hall–Kier alpha value is -1.19.